The standard InChI is InChI=1S/C21H18F3N3O/c22-21(23,24)13-27-19-7-8-25-12-18(19)17-6-4-14(10-20(17)27)15-3-5-16(26-11-15)2-1-9-28/h3-8,10-12,28H,1-2,9,13H2. The van der Waals surface area contributed by atoms with Crippen molar-refractivity contribution in [1.29, 1.82) is 0 Å². The Balaban J connectivity index is 1.81. The molecule has 0 amide bonds. The van der Waals surface area contributed by atoms with E-state index in [4.69, 9.17) is 5.11 Å². The molecule has 4 rings (SSSR count). The van der Waals surface area contributed by atoms with Crippen molar-refractivity contribution in [1.82, 2.24) is 14.5 Å². The number of rotatable bonds is 5. The minimum Gasteiger partial charge on any atom is -0.396 e. The Morgan fingerprint density at radius 3 is 2.46 bits per heavy atom. The van der Waals surface area contributed by atoms with Gasteiger partial charge in [-0.05, 0) is 36.6 Å². The predicted molar refractivity (Wildman–Crippen MR) is 102 cm³/mol. The van der Waals surface area contributed by atoms with Crippen molar-refractivity contribution in [2.45, 2.75) is 25.6 Å². The molecule has 7 heteroatoms. The third kappa shape index (κ3) is 3.57. The first kappa shape index (κ1) is 18.4. The molecule has 0 aliphatic rings. The average molecular weight is 385 g/mol. The quantitative estimate of drug-likeness (QED) is 0.540. The number of benzene rings is 1. The first-order valence-electron chi connectivity index (χ1n) is 8.95. The smallest absolute Gasteiger partial charge is 0.396 e. The van der Waals surface area contributed by atoms with Crippen LogP contribution in [0.5, 0.6) is 0 Å². The number of halogens is 3. The molecule has 28 heavy (non-hydrogen) atoms. The summed E-state index contributed by atoms with van der Waals surface area (Å²) in [4.78, 5) is 8.45. The van der Waals surface area contributed by atoms with Gasteiger partial charge >= 0.3 is 6.18 Å². The van der Waals surface area contributed by atoms with E-state index in [2.05, 4.69) is 9.97 Å². The second-order valence-electron chi connectivity index (χ2n) is 6.69. The number of alkyl halides is 3. The molecule has 0 bridgehead atoms. The van der Waals surface area contributed by atoms with Gasteiger partial charge in [0.25, 0.3) is 0 Å². The first-order chi connectivity index (χ1) is 13.5. The van der Waals surface area contributed by atoms with E-state index in [0.717, 1.165) is 22.2 Å². The van der Waals surface area contributed by atoms with E-state index in [1.165, 1.54) is 10.8 Å². The molecule has 0 atom stereocenters. The lowest BCUT2D eigenvalue weighted by molar-refractivity contribution is -0.139. The Hall–Kier alpha value is -2.93. The lowest BCUT2D eigenvalue weighted by Crippen LogP contribution is -2.17. The molecule has 0 fully saturated rings. The van der Waals surface area contributed by atoms with Crippen LogP contribution in [0.15, 0.2) is 55.0 Å². The number of aliphatic hydroxyl groups excluding tert-OH is 1. The van der Waals surface area contributed by atoms with Crippen molar-refractivity contribution in [3.8, 4) is 11.1 Å². The van der Waals surface area contributed by atoms with Gasteiger partial charge in [0.15, 0.2) is 0 Å². The number of pyridine rings is 2. The molecule has 144 valence electrons. The van der Waals surface area contributed by atoms with Crippen LogP contribution in [0.25, 0.3) is 32.9 Å². The molecule has 0 aliphatic carbocycles. The van der Waals surface area contributed by atoms with E-state index in [9.17, 15) is 13.2 Å². The van der Waals surface area contributed by atoms with Crippen molar-refractivity contribution in [3.05, 3.63) is 60.7 Å². The maximum Gasteiger partial charge on any atom is 0.406 e. The third-order valence-corrected chi connectivity index (χ3v) is 4.75. The van der Waals surface area contributed by atoms with Crippen LogP contribution in [-0.4, -0.2) is 32.4 Å². The second kappa shape index (κ2) is 7.24. The molecule has 0 radical (unpaired) electrons. The van der Waals surface area contributed by atoms with Gasteiger partial charge < -0.3 is 9.67 Å². The maximum absolute atomic E-state index is 13.2. The van der Waals surface area contributed by atoms with Crippen molar-refractivity contribution in [2.75, 3.05) is 6.61 Å². The van der Waals surface area contributed by atoms with Crippen LogP contribution in [0.2, 0.25) is 0 Å². The molecule has 3 aromatic heterocycles. The Bertz CT molecular complexity index is 1120. The summed E-state index contributed by atoms with van der Waals surface area (Å²) in [6.07, 6.45) is 1.82. The molecule has 0 saturated carbocycles. The zero-order chi connectivity index (χ0) is 19.7. The van der Waals surface area contributed by atoms with Crippen molar-refractivity contribution >= 4 is 21.8 Å². The van der Waals surface area contributed by atoms with Gasteiger partial charge in [0.05, 0.1) is 11.0 Å². The Morgan fingerprint density at radius 2 is 1.75 bits per heavy atom. The topological polar surface area (TPSA) is 50.9 Å². The summed E-state index contributed by atoms with van der Waals surface area (Å²) in [5, 5.41) is 10.4. The summed E-state index contributed by atoms with van der Waals surface area (Å²) in [6.45, 7) is -0.947. The molecule has 0 unspecified atom stereocenters. The predicted octanol–water partition coefficient (Wildman–Crippen LogP) is 4.74. The van der Waals surface area contributed by atoms with E-state index in [1.54, 1.807) is 24.5 Å². The lowest BCUT2D eigenvalue weighted by Gasteiger charge is -2.11. The van der Waals surface area contributed by atoms with Gasteiger partial charge in [0.1, 0.15) is 6.54 Å². The normalized spacial score (nSPS) is 12.1. The highest BCUT2D eigenvalue weighted by Crippen LogP contribution is 2.34. The van der Waals surface area contributed by atoms with Crippen molar-refractivity contribution < 1.29 is 18.3 Å². The monoisotopic (exact) mass is 385 g/mol. The third-order valence-electron chi connectivity index (χ3n) is 4.75. The van der Waals surface area contributed by atoms with Crippen LogP contribution in [0, 0.1) is 0 Å². The summed E-state index contributed by atoms with van der Waals surface area (Å²) in [5.41, 5.74) is 3.53. The number of nitrogens with zero attached hydrogens (tertiary/aromatic N) is 3. The van der Waals surface area contributed by atoms with Gasteiger partial charge in [-0.1, -0.05) is 18.2 Å². The van der Waals surface area contributed by atoms with Gasteiger partial charge in [-0.3, -0.25) is 9.97 Å². The van der Waals surface area contributed by atoms with Crippen LogP contribution in [-0.2, 0) is 13.0 Å². The van der Waals surface area contributed by atoms with E-state index in [-0.39, 0.29) is 6.61 Å². The second-order valence-corrected chi connectivity index (χ2v) is 6.69. The Kier molecular flexibility index (Phi) is 4.77. The molecule has 4 nitrogen and oxygen atoms in total. The molecule has 0 saturated heterocycles. The van der Waals surface area contributed by atoms with Crippen molar-refractivity contribution in [3.63, 3.8) is 0 Å². The largest absolute Gasteiger partial charge is 0.406 e. The molecule has 3 heterocycles. The van der Waals surface area contributed by atoms with E-state index >= 15 is 0 Å². The fraction of sp³-hybridized carbons (Fsp3) is 0.238. The highest BCUT2D eigenvalue weighted by Gasteiger charge is 2.29. The van der Waals surface area contributed by atoms with Gasteiger partial charge in [-0.15, -0.1) is 0 Å². The van der Waals surface area contributed by atoms with Crippen LogP contribution in [0.4, 0.5) is 13.2 Å². The van der Waals surface area contributed by atoms with Crippen LogP contribution >= 0.6 is 0 Å². The van der Waals surface area contributed by atoms with E-state index in [0.29, 0.717) is 29.3 Å². The highest BCUT2D eigenvalue weighted by molar-refractivity contribution is 6.08. The summed E-state index contributed by atoms with van der Waals surface area (Å²) < 4.78 is 40.8. The molecule has 4 aromatic rings. The van der Waals surface area contributed by atoms with Gasteiger partial charge in [0.2, 0.25) is 0 Å². The number of aliphatic hydroxyl groups is 1. The van der Waals surface area contributed by atoms with Crippen LogP contribution in [0.1, 0.15) is 12.1 Å². The molecule has 1 N–H and O–H groups in total. The minimum atomic E-state index is -4.33. The average Bonchev–Trinajstić information content (AvgIpc) is 2.99. The van der Waals surface area contributed by atoms with Gasteiger partial charge in [0, 0.05) is 47.2 Å². The van der Waals surface area contributed by atoms with Gasteiger partial charge in [-0.25, -0.2) is 0 Å². The fourth-order valence-electron chi connectivity index (χ4n) is 3.47. The lowest BCUT2D eigenvalue weighted by atomic mass is 10.0. The van der Waals surface area contributed by atoms with E-state index in [1.807, 2.05) is 24.3 Å². The molecule has 0 spiro atoms. The van der Waals surface area contributed by atoms with Crippen molar-refractivity contribution in [2.24, 2.45) is 0 Å². The Morgan fingerprint density at radius 1 is 0.929 bits per heavy atom. The number of fused-ring (bicyclic) bond motifs is 3. The maximum atomic E-state index is 13.2. The number of aromatic nitrogens is 3. The summed E-state index contributed by atoms with van der Waals surface area (Å²) in [5.74, 6) is 0. The summed E-state index contributed by atoms with van der Waals surface area (Å²) >= 11 is 0. The number of hydrogen-bond acceptors (Lipinski definition) is 3. The van der Waals surface area contributed by atoms with Gasteiger partial charge in [-0.2, -0.15) is 13.2 Å². The zero-order valence-corrected chi connectivity index (χ0v) is 14.9. The Labute approximate surface area is 159 Å². The molecule has 0 aliphatic heterocycles. The molecular weight excluding hydrogens is 367 g/mol. The summed E-state index contributed by atoms with van der Waals surface area (Å²) in [6, 6.07) is 10.9. The zero-order valence-electron chi connectivity index (χ0n) is 14.9. The van der Waals surface area contributed by atoms with Crippen LogP contribution < -0.4 is 0 Å². The van der Waals surface area contributed by atoms with E-state index < -0.39 is 12.7 Å². The summed E-state index contributed by atoms with van der Waals surface area (Å²) in [7, 11) is 0. The highest BCUT2D eigenvalue weighted by atomic mass is 19.4. The first-order valence-corrected chi connectivity index (χ1v) is 8.95. The fourth-order valence-corrected chi connectivity index (χ4v) is 3.47. The molecular formula is C21H18F3N3O. The SMILES string of the molecule is OCCCc1ccc(-c2ccc3c4cnccc4n(CC(F)(F)F)c3c2)cn1. The molecule has 1 aromatic carbocycles. The minimum absolute atomic E-state index is 0.110. The van der Waals surface area contributed by atoms with Crippen LogP contribution in [0.3, 0.4) is 0 Å². The number of hydrogen-bond donors (Lipinski definition) is 1. The number of aryl methyl sites for hydroxylation is 1.